The van der Waals surface area contributed by atoms with Gasteiger partial charge >= 0.3 is 11.7 Å². The number of rotatable bonds is 14. The van der Waals surface area contributed by atoms with Crippen LogP contribution < -0.4 is 21.3 Å². The molecule has 1 heterocycles. The second kappa shape index (κ2) is 13.0. The number of hydrogen-bond donors (Lipinski definition) is 1. The van der Waals surface area contributed by atoms with Gasteiger partial charge in [-0.2, -0.15) is 0 Å². The van der Waals surface area contributed by atoms with Crippen molar-refractivity contribution in [3.05, 3.63) is 50.7 Å². The molecule has 9 heteroatoms. The van der Waals surface area contributed by atoms with Crippen molar-refractivity contribution in [1.82, 2.24) is 14.3 Å². The zero-order valence-corrected chi connectivity index (χ0v) is 21.1. The van der Waals surface area contributed by atoms with Crippen molar-refractivity contribution in [3.8, 4) is 5.75 Å². The van der Waals surface area contributed by atoms with Crippen LogP contribution in [-0.2, 0) is 29.5 Å². The predicted octanol–water partition coefficient (Wildman–Crippen LogP) is 3.29. The standard InChI is InChI=1S/C25H38N4O5/c1-6-8-9-10-11-17-29-24(32)28(5)22(30)21(27-29)26-16-15-19-13-12-14-20(18-19)34-25(3,4)23(31)33-7-2/h12-14,18H,6-11,15-17H2,1-5H3,(H,26,27). The second-order valence-corrected chi connectivity index (χ2v) is 8.79. The molecule has 0 atom stereocenters. The normalized spacial score (nSPS) is 11.3. The summed E-state index contributed by atoms with van der Waals surface area (Å²) in [5, 5.41) is 7.33. The third-order valence-corrected chi connectivity index (χ3v) is 5.45. The Morgan fingerprint density at radius 3 is 2.56 bits per heavy atom. The molecular weight excluding hydrogens is 436 g/mol. The predicted molar refractivity (Wildman–Crippen MR) is 132 cm³/mol. The van der Waals surface area contributed by atoms with Gasteiger partial charge in [0.05, 0.1) is 6.61 Å². The lowest BCUT2D eigenvalue weighted by Gasteiger charge is -2.24. The Morgan fingerprint density at radius 2 is 1.85 bits per heavy atom. The van der Waals surface area contributed by atoms with Gasteiger partial charge in [-0.1, -0.05) is 44.7 Å². The van der Waals surface area contributed by atoms with Crippen LogP contribution in [-0.4, -0.2) is 39.1 Å². The first-order valence-corrected chi connectivity index (χ1v) is 12.1. The second-order valence-electron chi connectivity index (χ2n) is 8.79. The molecule has 188 valence electrons. The van der Waals surface area contributed by atoms with Gasteiger partial charge in [0.2, 0.25) is 5.82 Å². The van der Waals surface area contributed by atoms with E-state index in [1.165, 1.54) is 18.2 Å². The summed E-state index contributed by atoms with van der Waals surface area (Å²) in [5.74, 6) is 0.289. The van der Waals surface area contributed by atoms with Crippen LogP contribution in [0.2, 0.25) is 0 Å². The molecule has 1 aromatic heterocycles. The number of anilines is 1. The number of unbranched alkanes of at least 4 members (excludes halogenated alkanes) is 4. The Kier molecular flexibility index (Phi) is 10.3. The highest BCUT2D eigenvalue weighted by Gasteiger charge is 2.31. The van der Waals surface area contributed by atoms with Gasteiger partial charge in [0, 0.05) is 20.1 Å². The van der Waals surface area contributed by atoms with Gasteiger partial charge in [0.25, 0.3) is 5.56 Å². The van der Waals surface area contributed by atoms with E-state index in [2.05, 4.69) is 17.3 Å². The first kappa shape index (κ1) is 27.1. The Hall–Kier alpha value is -3.10. The van der Waals surface area contributed by atoms with Crippen LogP contribution in [0.15, 0.2) is 33.9 Å². The van der Waals surface area contributed by atoms with Crippen molar-refractivity contribution in [1.29, 1.82) is 0 Å². The number of ether oxygens (including phenoxy) is 2. The number of esters is 1. The van der Waals surface area contributed by atoms with E-state index in [0.29, 0.717) is 25.3 Å². The average Bonchev–Trinajstić information content (AvgIpc) is 2.80. The van der Waals surface area contributed by atoms with Crippen LogP contribution in [0.3, 0.4) is 0 Å². The number of carbonyl (C=O) groups excluding carboxylic acids is 1. The summed E-state index contributed by atoms with van der Waals surface area (Å²) < 4.78 is 13.4. The minimum absolute atomic E-state index is 0.159. The van der Waals surface area contributed by atoms with Crippen molar-refractivity contribution >= 4 is 11.8 Å². The first-order chi connectivity index (χ1) is 16.2. The topological polar surface area (TPSA) is 104 Å². The lowest BCUT2D eigenvalue weighted by molar-refractivity contribution is -0.158. The zero-order valence-electron chi connectivity index (χ0n) is 21.1. The van der Waals surface area contributed by atoms with Crippen LogP contribution in [0.25, 0.3) is 0 Å². The Balaban J connectivity index is 2.01. The van der Waals surface area contributed by atoms with Crippen molar-refractivity contribution in [2.24, 2.45) is 7.05 Å². The van der Waals surface area contributed by atoms with Gasteiger partial charge in [-0.25, -0.2) is 14.3 Å². The third kappa shape index (κ3) is 7.74. The van der Waals surface area contributed by atoms with Gasteiger partial charge in [-0.3, -0.25) is 9.36 Å². The number of aryl methyl sites for hydroxylation is 1. The highest BCUT2D eigenvalue weighted by atomic mass is 16.6. The maximum atomic E-state index is 12.5. The number of nitrogens with zero attached hydrogens (tertiary/aromatic N) is 3. The minimum Gasteiger partial charge on any atom is -0.476 e. The van der Waals surface area contributed by atoms with Crippen molar-refractivity contribution < 1.29 is 14.3 Å². The fraction of sp³-hybridized carbons (Fsp3) is 0.600. The summed E-state index contributed by atoms with van der Waals surface area (Å²) in [7, 11) is 1.47. The van der Waals surface area contributed by atoms with Crippen LogP contribution in [0, 0.1) is 0 Å². The fourth-order valence-corrected chi connectivity index (χ4v) is 3.48. The molecule has 0 bridgehead atoms. The number of carbonyl (C=O) groups is 1. The first-order valence-electron chi connectivity index (χ1n) is 12.1. The third-order valence-electron chi connectivity index (χ3n) is 5.45. The highest BCUT2D eigenvalue weighted by Crippen LogP contribution is 2.21. The molecule has 0 saturated carbocycles. The Morgan fingerprint density at radius 1 is 1.12 bits per heavy atom. The SMILES string of the molecule is CCCCCCCn1nc(NCCc2cccc(OC(C)(C)C(=O)OCC)c2)c(=O)n(C)c1=O. The minimum atomic E-state index is -1.10. The molecule has 1 N–H and O–H groups in total. The summed E-state index contributed by atoms with van der Waals surface area (Å²) >= 11 is 0. The van der Waals surface area contributed by atoms with E-state index in [-0.39, 0.29) is 12.4 Å². The van der Waals surface area contributed by atoms with Crippen molar-refractivity contribution in [2.75, 3.05) is 18.5 Å². The number of hydrogen-bond acceptors (Lipinski definition) is 7. The summed E-state index contributed by atoms with van der Waals surface area (Å²) in [4.78, 5) is 37.0. The van der Waals surface area contributed by atoms with E-state index >= 15 is 0 Å². The van der Waals surface area contributed by atoms with Gasteiger partial charge < -0.3 is 14.8 Å². The Bertz CT molecular complexity index is 1060. The summed E-state index contributed by atoms with van der Waals surface area (Å²) in [6.45, 7) is 8.46. The van der Waals surface area contributed by atoms with E-state index in [0.717, 1.165) is 35.8 Å². The summed E-state index contributed by atoms with van der Waals surface area (Å²) in [6.07, 6.45) is 5.93. The van der Waals surface area contributed by atoms with E-state index in [1.807, 2.05) is 18.2 Å². The van der Waals surface area contributed by atoms with Crippen LogP contribution in [0.5, 0.6) is 5.75 Å². The van der Waals surface area contributed by atoms with Gasteiger partial charge in [-0.15, -0.1) is 5.10 Å². The van der Waals surface area contributed by atoms with E-state index in [9.17, 15) is 14.4 Å². The van der Waals surface area contributed by atoms with E-state index in [1.54, 1.807) is 26.8 Å². The molecule has 1 aromatic carbocycles. The van der Waals surface area contributed by atoms with E-state index in [4.69, 9.17) is 9.47 Å². The zero-order chi connectivity index (χ0) is 25.1. The smallest absolute Gasteiger partial charge is 0.349 e. The van der Waals surface area contributed by atoms with Gasteiger partial charge in [0.15, 0.2) is 5.60 Å². The lowest BCUT2D eigenvalue weighted by Crippen LogP contribution is -2.41. The molecule has 0 unspecified atom stereocenters. The van der Waals surface area contributed by atoms with Crippen molar-refractivity contribution in [2.45, 2.75) is 78.4 Å². The molecule has 0 fully saturated rings. The van der Waals surface area contributed by atoms with Crippen LogP contribution in [0.4, 0.5) is 5.82 Å². The van der Waals surface area contributed by atoms with Gasteiger partial charge in [-0.05, 0) is 51.3 Å². The maximum Gasteiger partial charge on any atom is 0.349 e. The molecule has 0 aliphatic carbocycles. The molecule has 0 aliphatic rings. The van der Waals surface area contributed by atoms with Crippen molar-refractivity contribution in [3.63, 3.8) is 0 Å². The lowest BCUT2D eigenvalue weighted by atomic mass is 10.1. The molecule has 34 heavy (non-hydrogen) atoms. The molecule has 2 aromatic rings. The number of benzene rings is 1. The molecule has 0 amide bonds. The van der Waals surface area contributed by atoms with Gasteiger partial charge in [0.1, 0.15) is 5.75 Å². The Labute approximate surface area is 201 Å². The van der Waals surface area contributed by atoms with Crippen LogP contribution in [0.1, 0.15) is 65.4 Å². The molecule has 9 nitrogen and oxygen atoms in total. The molecule has 0 saturated heterocycles. The number of nitrogens with one attached hydrogen (secondary N) is 1. The molecular formula is C25H38N4O5. The monoisotopic (exact) mass is 474 g/mol. The maximum absolute atomic E-state index is 12.5. The fourth-order valence-electron chi connectivity index (χ4n) is 3.48. The number of aromatic nitrogens is 3. The largest absolute Gasteiger partial charge is 0.476 e. The quantitative estimate of drug-likeness (QED) is 0.331. The van der Waals surface area contributed by atoms with E-state index < -0.39 is 22.8 Å². The molecule has 0 aliphatic heterocycles. The summed E-state index contributed by atoms with van der Waals surface area (Å²) in [6, 6.07) is 7.42. The summed E-state index contributed by atoms with van der Waals surface area (Å²) in [5.41, 5.74) is -0.987. The molecule has 0 radical (unpaired) electrons. The van der Waals surface area contributed by atoms with Crippen LogP contribution >= 0.6 is 0 Å². The molecule has 0 spiro atoms. The average molecular weight is 475 g/mol. The highest BCUT2D eigenvalue weighted by molar-refractivity contribution is 5.79. The molecule has 2 rings (SSSR count).